The van der Waals surface area contributed by atoms with E-state index in [0.717, 1.165) is 44.2 Å². The highest BCUT2D eigenvalue weighted by molar-refractivity contribution is 6.41. The molecule has 7 nitrogen and oxygen atoms in total. The van der Waals surface area contributed by atoms with Gasteiger partial charge in [0.2, 0.25) is 6.79 Å². The fraction of sp³-hybridized carbons (Fsp3) is 0.412. The van der Waals surface area contributed by atoms with Crippen LogP contribution in [0.15, 0.2) is 29.2 Å². The number of aromatic nitrogens is 2. The van der Waals surface area contributed by atoms with Gasteiger partial charge in [-0.1, -0.05) is 23.2 Å². The summed E-state index contributed by atoms with van der Waals surface area (Å²) in [5, 5.41) is 4.32. The monoisotopic (exact) mass is 398 g/mol. The summed E-state index contributed by atoms with van der Waals surface area (Å²) >= 11 is 11.7. The predicted octanol–water partition coefficient (Wildman–Crippen LogP) is -0.780. The Labute approximate surface area is 160 Å². The largest absolute Gasteiger partial charge is 0.454 e. The Balaban J connectivity index is 1.33. The third kappa shape index (κ3) is 3.66. The minimum Gasteiger partial charge on any atom is -0.454 e. The summed E-state index contributed by atoms with van der Waals surface area (Å²) in [6, 6.07) is 6.13. The molecule has 1 saturated heterocycles. The zero-order valence-corrected chi connectivity index (χ0v) is 15.6. The third-order valence-corrected chi connectivity index (χ3v) is 5.62. The van der Waals surface area contributed by atoms with Crippen molar-refractivity contribution < 1.29 is 19.3 Å². The number of piperazine rings is 1. The summed E-state index contributed by atoms with van der Waals surface area (Å²) < 4.78 is 12.2. The molecule has 9 heteroatoms. The summed E-state index contributed by atoms with van der Waals surface area (Å²) in [4.78, 5) is 14.9. The maximum atomic E-state index is 12.1. The Kier molecular flexibility index (Phi) is 5.04. The van der Waals surface area contributed by atoms with Gasteiger partial charge < -0.3 is 19.3 Å². The van der Waals surface area contributed by atoms with Crippen LogP contribution in [0.1, 0.15) is 5.56 Å². The first-order valence-electron chi connectivity index (χ1n) is 8.57. The lowest BCUT2D eigenvalue weighted by atomic mass is 10.1. The van der Waals surface area contributed by atoms with E-state index in [1.807, 2.05) is 6.07 Å². The van der Waals surface area contributed by atoms with E-state index >= 15 is 0 Å². The highest BCUT2D eigenvalue weighted by Gasteiger charge is 2.25. The number of nitrogens with one attached hydrogen (secondary N) is 2. The number of rotatable bonds is 4. The van der Waals surface area contributed by atoms with Crippen LogP contribution in [0.4, 0.5) is 0 Å². The lowest BCUT2D eigenvalue weighted by Gasteiger charge is -2.29. The molecule has 2 aliphatic heterocycles. The van der Waals surface area contributed by atoms with Crippen LogP contribution in [0.2, 0.25) is 10.0 Å². The zero-order chi connectivity index (χ0) is 18.1. The van der Waals surface area contributed by atoms with Crippen molar-refractivity contribution in [3.05, 3.63) is 50.4 Å². The van der Waals surface area contributed by atoms with E-state index in [0.29, 0.717) is 13.5 Å². The standard InChI is InChI=1S/C17H18Cl2N4O3/c18-13-8-20-23(17(24)16(13)19)10-22-5-3-21(4-6-22)9-12-1-2-14-15(7-12)26-11-25-14/h1-2,7-8H,3-6,9-11H2/p+2. The second-order valence-electron chi connectivity index (χ2n) is 6.63. The van der Waals surface area contributed by atoms with Crippen molar-refractivity contribution >= 4 is 23.2 Å². The molecule has 4 rings (SSSR count). The Morgan fingerprint density at radius 1 is 1.08 bits per heavy atom. The Hall–Kier alpha value is -1.80. The molecule has 1 fully saturated rings. The Morgan fingerprint density at radius 2 is 1.81 bits per heavy atom. The fourth-order valence-electron chi connectivity index (χ4n) is 3.40. The molecule has 1 aromatic carbocycles. The van der Waals surface area contributed by atoms with E-state index in [1.165, 1.54) is 26.2 Å². The molecule has 0 aliphatic carbocycles. The second-order valence-corrected chi connectivity index (χ2v) is 7.42. The molecular weight excluding hydrogens is 379 g/mol. The van der Waals surface area contributed by atoms with Gasteiger partial charge in [-0.25, -0.2) is 0 Å². The van der Waals surface area contributed by atoms with Crippen LogP contribution in [-0.4, -0.2) is 42.8 Å². The van der Waals surface area contributed by atoms with E-state index in [-0.39, 0.29) is 15.6 Å². The molecule has 0 saturated carbocycles. The molecule has 2 aromatic rings. The SMILES string of the molecule is O=c1c(Cl)c(Cl)cnn1C[NH+]1CC[NH+](Cc2ccc3c(c2)OCO3)CC1. The predicted molar refractivity (Wildman–Crippen MR) is 96.2 cm³/mol. The summed E-state index contributed by atoms with van der Waals surface area (Å²) in [5.41, 5.74) is 0.914. The summed E-state index contributed by atoms with van der Waals surface area (Å²) in [6.07, 6.45) is 1.42. The zero-order valence-electron chi connectivity index (χ0n) is 14.1. The molecule has 2 aliphatic rings. The van der Waals surface area contributed by atoms with Crippen molar-refractivity contribution in [2.45, 2.75) is 13.2 Å². The molecular formula is C17H20Cl2N4O3+2. The van der Waals surface area contributed by atoms with Crippen LogP contribution < -0.4 is 24.8 Å². The number of halogens is 2. The molecule has 0 spiro atoms. The van der Waals surface area contributed by atoms with Gasteiger partial charge in [-0.15, -0.1) is 0 Å². The first kappa shape index (κ1) is 17.6. The Morgan fingerprint density at radius 3 is 2.62 bits per heavy atom. The average molecular weight is 399 g/mol. The van der Waals surface area contributed by atoms with Crippen LogP contribution in [0, 0.1) is 0 Å². The van der Waals surface area contributed by atoms with Crippen LogP contribution in [0.3, 0.4) is 0 Å². The second kappa shape index (κ2) is 7.44. The van der Waals surface area contributed by atoms with Crippen molar-refractivity contribution in [3.8, 4) is 11.5 Å². The minimum absolute atomic E-state index is 0.0353. The normalized spacial score (nSPS) is 21.8. The summed E-state index contributed by atoms with van der Waals surface area (Å²) in [7, 11) is 0. The molecule has 0 bridgehead atoms. The molecule has 0 amide bonds. The van der Waals surface area contributed by atoms with Gasteiger partial charge in [0.05, 0.1) is 11.2 Å². The van der Waals surface area contributed by atoms with Crippen molar-refractivity contribution in [3.63, 3.8) is 0 Å². The van der Waals surface area contributed by atoms with Gasteiger partial charge in [-0.05, 0) is 18.2 Å². The van der Waals surface area contributed by atoms with E-state index in [9.17, 15) is 4.79 Å². The number of ether oxygens (including phenoxy) is 2. The first-order chi connectivity index (χ1) is 12.6. The van der Waals surface area contributed by atoms with Crippen molar-refractivity contribution in [2.75, 3.05) is 33.0 Å². The van der Waals surface area contributed by atoms with Gasteiger partial charge in [0.15, 0.2) is 18.2 Å². The molecule has 26 heavy (non-hydrogen) atoms. The highest BCUT2D eigenvalue weighted by atomic mass is 35.5. The summed E-state index contributed by atoms with van der Waals surface area (Å²) in [5.74, 6) is 1.65. The van der Waals surface area contributed by atoms with Crippen LogP contribution >= 0.6 is 23.2 Å². The van der Waals surface area contributed by atoms with Gasteiger partial charge in [0.1, 0.15) is 37.7 Å². The minimum atomic E-state index is -0.332. The van der Waals surface area contributed by atoms with Crippen LogP contribution in [0.5, 0.6) is 11.5 Å². The quantitative estimate of drug-likeness (QED) is 0.709. The topological polar surface area (TPSA) is 62.2 Å². The van der Waals surface area contributed by atoms with E-state index < -0.39 is 0 Å². The van der Waals surface area contributed by atoms with Gasteiger partial charge >= 0.3 is 0 Å². The average Bonchev–Trinajstić information content (AvgIpc) is 3.11. The first-order valence-corrected chi connectivity index (χ1v) is 9.32. The van der Waals surface area contributed by atoms with E-state index in [2.05, 4.69) is 17.2 Å². The van der Waals surface area contributed by atoms with Crippen LogP contribution in [-0.2, 0) is 13.2 Å². The number of nitrogens with zero attached hydrogens (tertiary/aromatic N) is 2. The lowest BCUT2D eigenvalue weighted by Crippen LogP contribution is -3.27. The fourth-order valence-corrected chi connectivity index (χ4v) is 3.67. The molecule has 138 valence electrons. The maximum absolute atomic E-state index is 12.1. The van der Waals surface area contributed by atoms with Gasteiger partial charge in [0.25, 0.3) is 5.56 Å². The van der Waals surface area contributed by atoms with Crippen LogP contribution in [0.25, 0.3) is 0 Å². The smallest absolute Gasteiger partial charge is 0.291 e. The molecule has 2 N–H and O–H groups in total. The lowest BCUT2D eigenvalue weighted by molar-refractivity contribution is -1.03. The van der Waals surface area contributed by atoms with Crippen molar-refractivity contribution in [2.24, 2.45) is 0 Å². The van der Waals surface area contributed by atoms with Gasteiger partial charge in [0, 0.05) is 5.56 Å². The van der Waals surface area contributed by atoms with Gasteiger partial charge in [-0.2, -0.15) is 9.78 Å². The van der Waals surface area contributed by atoms with Crippen molar-refractivity contribution in [1.82, 2.24) is 9.78 Å². The van der Waals surface area contributed by atoms with Gasteiger partial charge in [-0.3, -0.25) is 4.79 Å². The summed E-state index contributed by atoms with van der Waals surface area (Å²) in [6.45, 7) is 5.75. The molecule has 3 heterocycles. The highest BCUT2D eigenvalue weighted by Crippen LogP contribution is 2.32. The van der Waals surface area contributed by atoms with E-state index in [4.69, 9.17) is 32.7 Å². The number of benzene rings is 1. The maximum Gasteiger partial charge on any atom is 0.291 e. The molecule has 0 atom stereocenters. The molecule has 0 radical (unpaired) electrons. The number of hydrogen-bond donors (Lipinski definition) is 2. The van der Waals surface area contributed by atoms with E-state index in [1.54, 1.807) is 0 Å². The third-order valence-electron chi connectivity index (χ3n) is 4.87. The number of quaternary nitrogens is 2. The molecule has 0 unspecified atom stereocenters. The Bertz CT molecular complexity index is 866. The number of fused-ring (bicyclic) bond motifs is 1. The molecule has 1 aromatic heterocycles. The van der Waals surface area contributed by atoms with Crippen molar-refractivity contribution in [1.29, 1.82) is 0 Å². The number of hydrogen-bond acceptors (Lipinski definition) is 4.